The van der Waals surface area contributed by atoms with Gasteiger partial charge in [-0.25, -0.2) is 9.67 Å². The van der Waals surface area contributed by atoms with Gasteiger partial charge in [-0.1, -0.05) is 25.1 Å². The zero-order valence-electron chi connectivity index (χ0n) is 19.8. The summed E-state index contributed by atoms with van der Waals surface area (Å²) in [5.41, 5.74) is 1.99. The first kappa shape index (κ1) is 25.0. The fourth-order valence-electron chi connectivity index (χ4n) is 3.67. The van der Waals surface area contributed by atoms with Crippen LogP contribution in [0.3, 0.4) is 0 Å². The Labute approximate surface area is 206 Å². The minimum Gasteiger partial charge on any atom is -0.497 e. The number of nitrogens with one attached hydrogen (secondary N) is 1. The number of carbonyl (C=O) groups excluding carboxylic acids is 1. The normalized spacial score (nSPS) is 11.4. The Morgan fingerprint density at radius 1 is 1.03 bits per heavy atom. The van der Waals surface area contributed by atoms with Crippen molar-refractivity contribution in [2.75, 3.05) is 13.7 Å². The molecule has 186 valence electrons. The lowest BCUT2D eigenvalue weighted by atomic mass is 10.1. The van der Waals surface area contributed by atoms with Gasteiger partial charge in [0.15, 0.2) is 11.6 Å². The van der Waals surface area contributed by atoms with E-state index in [-0.39, 0.29) is 12.5 Å². The largest absolute Gasteiger partial charge is 0.497 e. The molecule has 0 spiro atoms. The number of aryl methyl sites for hydroxylation is 1. The van der Waals surface area contributed by atoms with Crippen LogP contribution in [0.15, 0.2) is 72.8 Å². The first-order chi connectivity index (χ1) is 17.3. The van der Waals surface area contributed by atoms with E-state index in [9.17, 15) is 18.0 Å². The Morgan fingerprint density at radius 2 is 1.75 bits per heavy atom. The van der Waals surface area contributed by atoms with Crippen molar-refractivity contribution in [3.63, 3.8) is 0 Å². The van der Waals surface area contributed by atoms with Gasteiger partial charge in [-0.05, 0) is 66.6 Å². The lowest BCUT2D eigenvalue weighted by Gasteiger charge is -2.10. The second kappa shape index (κ2) is 10.6. The third-order valence-corrected chi connectivity index (χ3v) is 5.65. The van der Waals surface area contributed by atoms with E-state index in [4.69, 9.17) is 4.74 Å². The summed E-state index contributed by atoms with van der Waals surface area (Å²) in [6.07, 6.45) is -3.30. The number of amides is 1. The molecule has 1 N–H and O–H groups in total. The fraction of sp³-hybridized carbons (Fsp3) is 0.222. The van der Waals surface area contributed by atoms with E-state index < -0.39 is 11.7 Å². The van der Waals surface area contributed by atoms with Gasteiger partial charge in [0.1, 0.15) is 5.75 Å². The summed E-state index contributed by atoms with van der Waals surface area (Å²) in [5.74, 6) is 1.77. The monoisotopic (exact) mass is 494 g/mol. The molecule has 0 aliphatic rings. The molecule has 3 aromatic carbocycles. The second-order valence-corrected chi connectivity index (χ2v) is 8.10. The van der Waals surface area contributed by atoms with Crippen molar-refractivity contribution in [3.05, 3.63) is 95.3 Å². The van der Waals surface area contributed by atoms with E-state index in [0.29, 0.717) is 41.3 Å². The molecule has 0 bridgehead atoms. The molecule has 0 saturated carbocycles. The molecular weight excluding hydrogens is 469 g/mol. The highest BCUT2D eigenvalue weighted by Gasteiger charge is 2.29. The van der Waals surface area contributed by atoms with Crippen molar-refractivity contribution >= 4 is 5.91 Å². The van der Waals surface area contributed by atoms with E-state index in [1.807, 2.05) is 37.3 Å². The molecule has 4 rings (SSSR count). The van der Waals surface area contributed by atoms with Gasteiger partial charge < -0.3 is 10.1 Å². The van der Waals surface area contributed by atoms with E-state index in [2.05, 4.69) is 15.4 Å². The molecule has 0 atom stereocenters. The molecule has 1 aromatic heterocycles. The third kappa shape index (κ3) is 5.73. The number of carbonyl (C=O) groups is 1. The quantitative estimate of drug-likeness (QED) is 0.351. The number of ether oxygens (including phenoxy) is 1. The van der Waals surface area contributed by atoms with Crippen molar-refractivity contribution in [2.45, 2.75) is 25.9 Å². The summed E-state index contributed by atoms with van der Waals surface area (Å²) in [6.45, 7) is 2.26. The minimum atomic E-state index is -4.37. The maximum absolute atomic E-state index is 12.8. The Morgan fingerprint density at radius 3 is 2.39 bits per heavy atom. The highest BCUT2D eigenvalue weighted by atomic mass is 19.4. The SMILES string of the molecule is CCc1nc(-c2ccc(OC)cc2)n(-c2cccc(C(=O)NCCc3ccc(C(F)(F)F)cc3)c2)n1. The van der Waals surface area contributed by atoms with Crippen LogP contribution < -0.4 is 10.1 Å². The molecule has 9 heteroatoms. The van der Waals surface area contributed by atoms with Crippen LogP contribution in [0.2, 0.25) is 0 Å². The van der Waals surface area contributed by atoms with Gasteiger partial charge in [-0.3, -0.25) is 4.79 Å². The predicted molar refractivity (Wildman–Crippen MR) is 130 cm³/mol. The summed E-state index contributed by atoms with van der Waals surface area (Å²) >= 11 is 0. The average Bonchev–Trinajstić information content (AvgIpc) is 3.33. The maximum atomic E-state index is 12.8. The molecule has 0 saturated heterocycles. The van der Waals surface area contributed by atoms with Crippen LogP contribution in [0.5, 0.6) is 5.75 Å². The van der Waals surface area contributed by atoms with Gasteiger partial charge in [0.25, 0.3) is 5.91 Å². The van der Waals surface area contributed by atoms with Crippen molar-refractivity contribution in [1.29, 1.82) is 0 Å². The van der Waals surface area contributed by atoms with Crippen LogP contribution in [0.25, 0.3) is 17.1 Å². The number of benzene rings is 3. The smallest absolute Gasteiger partial charge is 0.416 e. The van der Waals surface area contributed by atoms with Crippen LogP contribution in [-0.4, -0.2) is 34.3 Å². The van der Waals surface area contributed by atoms with Gasteiger partial charge in [-0.2, -0.15) is 18.3 Å². The van der Waals surface area contributed by atoms with E-state index in [0.717, 1.165) is 23.4 Å². The van der Waals surface area contributed by atoms with Crippen LogP contribution in [0.4, 0.5) is 13.2 Å². The summed E-state index contributed by atoms with van der Waals surface area (Å²) in [4.78, 5) is 17.4. The Bertz CT molecular complexity index is 1330. The lowest BCUT2D eigenvalue weighted by Crippen LogP contribution is -2.25. The standard InChI is InChI=1S/C27H25F3N4O2/c1-3-24-32-25(19-9-13-23(36-2)14-10-19)34(33-24)22-6-4-5-20(17-22)26(35)31-16-15-18-7-11-21(12-8-18)27(28,29)30/h4-14,17H,3,15-16H2,1-2H3,(H,31,35). The molecule has 36 heavy (non-hydrogen) atoms. The lowest BCUT2D eigenvalue weighted by molar-refractivity contribution is -0.137. The van der Waals surface area contributed by atoms with Crippen molar-refractivity contribution in [1.82, 2.24) is 20.1 Å². The summed E-state index contributed by atoms with van der Waals surface area (Å²) in [7, 11) is 1.60. The van der Waals surface area contributed by atoms with Crippen LogP contribution in [-0.2, 0) is 19.0 Å². The highest BCUT2D eigenvalue weighted by molar-refractivity contribution is 5.94. The van der Waals surface area contributed by atoms with Gasteiger partial charge in [0.05, 0.1) is 18.4 Å². The first-order valence-electron chi connectivity index (χ1n) is 11.4. The topological polar surface area (TPSA) is 69.0 Å². The maximum Gasteiger partial charge on any atom is 0.416 e. The predicted octanol–water partition coefficient (Wildman–Crippen LogP) is 5.50. The molecular formula is C27H25F3N4O2. The van der Waals surface area contributed by atoms with Gasteiger partial charge in [0, 0.05) is 24.1 Å². The van der Waals surface area contributed by atoms with Gasteiger partial charge in [-0.15, -0.1) is 0 Å². The number of rotatable bonds is 8. The molecule has 1 heterocycles. The van der Waals surface area contributed by atoms with Crippen LogP contribution in [0.1, 0.15) is 34.2 Å². The number of nitrogens with zero attached hydrogens (tertiary/aromatic N) is 3. The minimum absolute atomic E-state index is 0.286. The van der Waals surface area contributed by atoms with Crippen LogP contribution >= 0.6 is 0 Å². The number of methoxy groups -OCH3 is 1. The summed E-state index contributed by atoms with van der Waals surface area (Å²) in [6, 6.07) is 19.5. The number of hydrogen-bond acceptors (Lipinski definition) is 4. The van der Waals surface area contributed by atoms with E-state index in [1.54, 1.807) is 30.0 Å². The number of hydrogen-bond donors (Lipinski definition) is 1. The average molecular weight is 495 g/mol. The first-order valence-corrected chi connectivity index (χ1v) is 11.4. The Hall–Kier alpha value is -4.14. The number of halogens is 3. The molecule has 0 aliphatic heterocycles. The highest BCUT2D eigenvalue weighted by Crippen LogP contribution is 2.29. The molecule has 6 nitrogen and oxygen atoms in total. The molecule has 0 unspecified atom stereocenters. The number of aromatic nitrogens is 3. The summed E-state index contributed by atoms with van der Waals surface area (Å²) < 4.78 is 45.1. The molecule has 4 aromatic rings. The Kier molecular flexibility index (Phi) is 7.38. The third-order valence-electron chi connectivity index (χ3n) is 5.65. The summed E-state index contributed by atoms with van der Waals surface area (Å²) in [5, 5.41) is 7.43. The van der Waals surface area contributed by atoms with Crippen LogP contribution in [0, 0.1) is 0 Å². The van der Waals surface area contributed by atoms with Gasteiger partial charge >= 0.3 is 6.18 Å². The molecule has 0 fully saturated rings. The van der Waals surface area contributed by atoms with Gasteiger partial charge in [0.2, 0.25) is 0 Å². The van der Waals surface area contributed by atoms with Crippen molar-refractivity contribution < 1.29 is 22.7 Å². The molecule has 1 amide bonds. The number of alkyl halides is 3. The second-order valence-electron chi connectivity index (χ2n) is 8.10. The zero-order chi connectivity index (χ0) is 25.7. The fourth-order valence-corrected chi connectivity index (χ4v) is 3.67. The molecule has 0 aliphatic carbocycles. The Balaban J connectivity index is 1.48. The van der Waals surface area contributed by atoms with Crippen molar-refractivity contribution in [2.24, 2.45) is 0 Å². The molecule has 0 radical (unpaired) electrons. The van der Waals surface area contributed by atoms with E-state index >= 15 is 0 Å². The van der Waals surface area contributed by atoms with Crippen molar-refractivity contribution in [3.8, 4) is 22.8 Å². The zero-order valence-corrected chi connectivity index (χ0v) is 19.8. The van der Waals surface area contributed by atoms with E-state index in [1.165, 1.54) is 12.1 Å².